The molecular formula is C15H27FINO. The zero-order valence-electron chi connectivity index (χ0n) is 12.6. The molecule has 0 amide bonds. The molecule has 1 rings (SSSR count). The average molecular weight is 383 g/mol. The van der Waals surface area contributed by atoms with Crippen molar-refractivity contribution in [3.05, 3.63) is 12.2 Å². The third-order valence-electron chi connectivity index (χ3n) is 4.70. The number of rotatable bonds is 3. The summed E-state index contributed by atoms with van der Waals surface area (Å²) in [6.07, 6.45) is 5.16. The second-order valence-corrected chi connectivity index (χ2v) is 8.44. The molecule has 112 valence electrons. The van der Waals surface area contributed by atoms with Crippen molar-refractivity contribution in [1.82, 2.24) is 0 Å². The van der Waals surface area contributed by atoms with Crippen LogP contribution in [0.25, 0.3) is 0 Å². The van der Waals surface area contributed by atoms with Crippen molar-refractivity contribution in [3.63, 3.8) is 0 Å². The molecule has 0 heterocycles. The quantitative estimate of drug-likeness (QED) is 0.210. The van der Waals surface area contributed by atoms with E-state index in [9.17, 15) is 5.11 Å². The van der Waals surface area contributed by atoms with E-state index < -0.39 is 24.9 Å². The van der Waals surface area contributed by atoms with Gasteiger partial charge in [0.05, 0.1) is 0 Å². The van der Waals surface area contributed by atoms with Crippen molar-refractivity contribution in [2.24, 2.45) is 23.7 Å². The molecule has 0 spiro atoms. The van der Waals surface area contributed by atoms with E-state index in [1.54, 1.807) is 13.1 Å². The Bertz CT molecular complexity index is 358. The Morgan fingerprint density at radius 1 is 1.42 bits per heavy atom. The standard InChI is InChI=1S/C15H26FINO/c1-10-7-6-8-15(16,17-4)13(9-14(19)18-5)12(3)11(10)2/h6,8,10-13H,7,9H2,1-5H3,(H,18,19)/q-1/p+1/t10-,11-,12-,13?,15?/m0/s1. The topological polar surface area (TPSA) is 34.2 Å². The van der Waals surface area contributed by atoms with Gasteiger partial charge in [-0.25, -0.2) is 0 Å². The van der Waals surface area contributed by atoms with Gasteiger partial charge in [-0.05, 0) is 0 Å². The molecule has 0 aromatic rings. The first-order valence-corrected chi connectivity index (χ1v) is 10.2. The Balaban J connectivity index is 3.12. The fourth-order valence-corrected chi connectivity index (χ4v) is 5.05. The van der Waals surface area contributed by atoms with Crippen LogP contribution in [-0.4, -0.2) is 26.7 Å². The Morgan fingerprint density at radius 2 is 2.05 bits per heavy atom. The molecule has 2 unspecified atom stereocenters. The van der Waals surface area contributed by atoms with Crippen LogP contribution in [0.1, 0.15) is 33.6 Å². The molecule has 2 nitrogen and oxygen atoms in total. The van der Waals surface area contributed by atoms with Gasteiger partial charge in [-0.2, -0.15) is 0 Å². The first-order chi connectivity index (χ1) is 8.85. The molecule has 19 heavy (non-hydrogen) atoms. The van der Waals surface area contributed by atoms with E-state index in [0.29, 0.717) is 18.3 Å². The Labute approximate surface area is 126 Å². The summed E-state index contributed by atoms with van der Waals surface area (Å²) in [5.74, 6) is 1.35. The second-order valence-electron chi connectivity index (χ2n) is 5.70. The minimum absolute atomic E-state index is 0.133. The van der Waals surface area contributed by atoms with Gasteiger partial charge in [0.2, 0.25) is 0 Å². The van der Waals surface area contributed by atoms with Gasteiger partial charge in [-0.15, -0.1) is 0 Å². The first-order valence-electron chi connectivity index (χ1n) is 6.95. The maximum absolute atomic E-state index is 15.3. The van der Waals surface area contributed by atoms with Crippen LogP contribution in [0.5, 0.6) is 0 Å². The van der Waals surface area contributed by atoms with Crippen LogP contribution in [0.15, 0.2) is 12.2 Å². The molecule has 0 bridgehead atoms. The van der Waals surface area contributed by atoms with E-state index in [2.05, 4.69) is 25.8 Å². The third kappa shape index (κ3) is 3.92. The summed E-state index contributed by atoms with van der Waals surface area (Å²) in [4.78, 5) is 4.75. The molecule has 2 N–H and O–H groups in total. The number of alkyl halides is 3. The molecule has 0 radical (unpaired) electrons. The molecule has 1 aliphatic carbocycles. The van der Waals surface area contributed by atoms with Gasteiger partial charge < -0.3 is 0 Å². The number of nitrogens with one attached hydrogen (secondary N) is 1. The first kappa shape index (κ1) is 16.9. The number of hydrogen-bond donors (Lipinski definition) is 2. The predicted molar refractivity (Wildman–Crippen MR) is 73.6 cm³/mol. The van der Waals surface area contributed by atoms with Gasteiger partial charge in [0.25, 0.3) is 0 Å². The molecule has 0 aromatic carbocycles. The number of hydrogen-bond acceptors (Lipinski definition) is 0. The van der Waals surface area contributed by atoms with Crippen molar-refractivity contribution in [1.29, 1.82) is 0 Å². The van der Waals surface area contributed by atoms with Gasteiger partial charge >= 0.3 is 127 Å². The summed E-state index contributed by atoms with van der Waals surface area (Å²) in [5.41, 5.74) is 0. The summed E-state index contributed by atoms with van der Waals surface area (Å²) in [6, 6.07) is 0. The second kappa shape index (κ2) is 7.04. The molecule has 0 aliphatic heterocycles. The Hall–Kier alpha value is -0.130. The van der Waals surface area contributed by atoms with Gasteiger partial charge in [0, 0.05) is 0 Å². The molecule has 1 aliphatic rings. The van der Waals surface area contributed by atoms with Crippen LogP contribution >= 0.6 is 0 Å². The van der Waals surface area contributed by atoms with Crippen LogP contribution in [0.2, 0.25) is 0 Å². The molecule has 0 saturated heterocycles. The normalized spacial score (nSPS) is 41.1. The van der Waals surface area contributed by atoms with Gasteiger partial charge in [0.1, 0.15) is 0 Å². The van der Waals surface area contributed by atoms with E-state index in [4.69, 9.17) is 0 Å². The average Bonchev–Trinajstić information content (AvgIpc) is 2.41. The monoisotopic (exact) mass is 383 g/mol. The Kier molecular flexibility index (Phi) is 6.27. The van der Waals surface area contributed by atoms with Crippen molar-refractivity contribution in [2.45, 2.75) is 37.3 Å². The number of aliphatic hydroxyl groups is 1. The van der Waals surface area contributed by atoms with E-state index in [-0.39, 0.29) is 17.7 Å². The van der Waals surface area contributed by atoms with Gasteiger partial charge in [-0.3, -0.25) is 0 Å². The molecular weight excluding hydrogens is 356 g/mol. The zero-order chi connectivity index (χ0) is 14.6. The van der Waals surface area contributed by atoms with Crippen LogP contribution in [-0.2, 0) is 0 Å². The molecule has 0 aromatic heterocycles. The van der Waals surface area contributed by atoms with E-state index in [1.165, 1.54) is 0 Å². The van der Waals surface area contributed by atoms with Crippen LogP contribution in [0.4, 0.5) is 4.39 Å². The number of halogens is 2. The van der Waals surface area contributed by atoms with Crippen LogP contribution in [0.3, 0.4) is 0 Å². The summed E-state index contributed by atoms with van der Waals surface area (Å²) in [6.45, 7) is 6.59. The van der Waals surface area contributed by atoms with Gasteiger partial charge in [0.15, 0.2) is 0 Å². The van der Waals surface area contributed by atoms with Gasteiger partial charge in [-0.1, -0.05) is 0 Å². The predicted octanol–water partition coefficient (Wildman–Crippen LogP) is -1.09. The molecule has 4 heteroatoms. The molecule has 5 atom stereocenters. The molecule has 0 fully saturated rings. The summed E-state index contributed by atoms with van der Waals surface area (Å²) < 4.78 is 14.1. The SMILES string of the molecule is C[NH+]=C(O)CC1[C@@H](C)[C@@H](C)[C@@H](C)CC=CC1(F)[I-]C. The van der Waals surface area contributed by atoms with Crippen molar-refractivity contribution in [2.75, 3.05) is 12.0 Å². The fourth-order valence-electron chi connectivity index (χ4n) is 2.85. The van der Waals surface area contributed by atoms with Crippen LogP contribution in [0, 0.1) is 23.7 Å². The van der Waals surface area contributed by atoms with E-state index in [1.807, 2.05) is 11.0 Å². The number of allylic oxidation sites excluding steroid dienone is 2. The zero-order valence-corrected chi connectivity index (χ0v) is 14.7. The van der Waals surface area contributed by atoms with Crippen molar-refractivity contribution >= 4 is 5.90 Å². The van der Waals surface area contributed by atoms with E-state index >= 15 is 4.39 Å². The molecule has 0 saturated carbocycles. The third-order valence-corrected chi connectivity index (χ3v) is 7.51. The Morgan fingerprint density at radius 3 is 2.58 bits per heavy atom. The van der Waals surface area contributed by atoms with Crippen LogP contribution < -0.4 is 26.2 Å². The summed E-state index contributed by atoms with van der Waals surface area (Å²) in [5, 5.41) is 9.80. The summed E-state index contributed by atoms with van der Waals surface area (Å²) in [7, 11) is 1.69. The van der Waals surface area contributed by atoms with Crippen molar-refractivity contribution in [3.8, 4) is 0 Å². The summed E-state index contributed by atoms with van der Waals surface area (Å²) >= 11 is -0.571. The van der Waals surface area contributed by atoms with Crippen molar-refractivity contribution < 1.29 is 35.7 Å². The fraction of sp³-hybridized carbons (Fsp3) is 0.800. The number of aliphatic hydroxyl groups excluding tert-OH is 1. The maximum atomic E-state index is 15.3. The minimum atomic E-state index is -1.21. The van der Waals surface area contributed by atoms with E-state index in [0.717, 1.165) is 6.42 Å².